The second kappa shape index (κ2) is 5.88. The van der Waals surface area contributed by atoms with Crippen molar-refractivity contribution in [2.24, 2.45) is 0 Å². The molecule has 0 aliphatic rings. The van der Waals surface area contributed by atoms with Gasteiger partial charge in [-0.3, -0.25) is 0 Å². The Bertz CT molecular complexity index is 686. The number of likely N-dealkylation sites (N-methyl/N-ethyl adjacent to an activating group) is 1. The minimum absolute atomic E-state index is 0.874. The number of hydrogen-bond acceptors (Lipinski definition) is 2. The van der Waals surface area contributed by atoms with Crippen LogP contribution in [-0.4, -0.2) is 23.1 Å². The number of hydrogen-bond donors (Lipinski definition) is 1. The van der Waals surface area contributed by atoms with Crippen LogP contribution < -0.4 is 5.32 Å². The van der Waals surface area contributed by atoms with E-state index in [1.165, 1.54) is 11.1 Å². The van der Waals surface area contributed by atoms with Crippen molar-refractivity contribution in [1.82, 2.24) is 14.9 Å². The monoisotopic (exact) mass is 265 g/mol. The lowest BCUT2D eigenvalue weighted by atomic mass is 10.1. The van der Waals surface area contributed by atoms with Gasteiger partial charge < -0.3 is 9.88 Å². The number of aromatic nitrogens is 2. The zero-order valence-electron chi connectivity index (χ0n) is 11.7. The van der Waals surface area contributed by atoms with Crippen LogP contribution in [0.4, 0.5) is 0 Å². The number of nitrogens with zero attached hydrogens (tertiary/aromatic N) is 2. The van der Waals surface area contributed by atoms with Crippen molar-refractivity contribution in [3.8, 4) is 0 Å². The Kier molecular flexibility index (Phi) is 3.79. The van der Waals surface area contributed by atoms with Crippen molar-refractivity contribution >= 4 is 11.0 Å². The zero-order valence-corrected chi connectivity index (χ0v) is 11.7. The highest BCUT2D eigenvalue weighted by Gasteiger charge is 2.10. The molecule has 0 fully saturated rings. The maximum Gasteiger partial charge on any atom is 0.114 e. The average Bonchev–Trinajstić information content (AvgIpc) is 2.83. The summed E-state index contributed by atoms with van der Waals surface area (Å²) in [5, 5.41) is 3.21. The molecule has 1 N–H and O–H groups in total. The Morgan fingerprint density at radius 2 is 1.75 bits per heavy atom. The summed E-state index contributed by atoms with van der Waals surface area (Å²) in [5.41, 5.74) is 3.59. The van der Waals surface area contributed by atoms with Gasteiger partial charge >= 0.3 is 0 Å². The first-order valence-electron chi connectivity index (χ1n) is 7.01. The lowest BCUT2D eigenvalue weighted by Crippen LogP contribution is -2.16. The molecule has 0 radical (unpaired) electrons. The van der Waals surface area contributed by atoms with Gasteiger partial charge in [0, 0.05) is 19.5 Å². The van der Waals surface area contributed by atoms with Crippen LogP contribution in [0.3, 0.4) is 0 Å². The molecule has 0 atom stereocenters. The standard InChI is InChI=1S/C17H19N3/c1-18-11-12-20-16-10-6-5-9-15(16)19-17(20)13-14-7-3-2-4-8-14/h2-10,18H,11-13H2,1H3. The molecule has 0 aliphatic carbocycles. The molecule has 3 heteroatoms. The van der Waals surface area contributed by atoms with Crippen LogP contribution in [0.25, 0.3) is 11.0 Å². The number of nitrogens with one attached hydrogen (secondary N) is 1. The number of para-hydroxylation sites is 2. The Labute approximate surface area is 119 Å². The van der Waals surface area contributed by atoms with Crippen LogP contribution in [0.15, 0.2) is 54.6 Å². The van der Waals surface area contributed by atoms with Crippen molar-refractivity contribution in [3.05, 3.63) is 66.0 Å². The second-order valence-electron chi connectivity index (χ2n) is 4.93. The fourth-order valence-corrected chi connectivity index (χ4v) is 2.51. The largest absolute Gasteiger partial charge is 0.326 e. The van der Waals surface area contributed by atoms with E-state index in [0.717, 1.165) is 30.9 Å². The smallest absolute Gasteiger partial charge is 0.114 e. The molecule has 0 spiro atoms. The van der Waals surface area contributed by atoms with E-state index in [4.69, 9.17) is 4.98 Å². The van der Waals surface area contributed by atoms with E-state index in [1.54, 1.807) is 0 Å². The molecule has 20 heavy (non-hydrogen) atoms. The van der Waals surface area contributed by atoms with Crippen LogP contribution >= 0.6 is 0 Å². The molecule has 0 saturated carbocycles. The maximum absolute atomic E-state index is 4.80. The highest BCUT2D eigenvalue weighted by Crippen LogP contribution is 2.18. The predicted octanol–water partition coefficient (Wildman–Crippen LogP) is 2.85. The van der Waals surface area contributed by atoms with E-state index >= 15 is 0 Å². The highest BCUT2D eigenvalue weighted by atomic mass is 15.1. The van der Waals surface area contributed by atoms with Gasteiger partial charge in [-0.05, 0) is 24.7 Å². The van der Waals surface area contributed by atoms with Gasteiger partial charge in [0.15, 0.2) is 0 Å². The quantitative estimate of drug-likeness (QED) is 0.769. The molecule has 2 aromatic carbocycles. The van der Waals surface area contributed by atoms with Crippen LogP contribution in [0, 0.1) is 0 Å². The summed E-state index contributed by atoms with van der Waals surface area (Å²) >= 11 is 0. The van der Waals surface area contributed by atoms with Gasteiger partial charge in [0.05, 0.1) is 11.0 Å². The molecule has 0 saturated heterocycles. The van der Waals surface area contributed by atoms with Gasteiger partial charge in [-0.2, -0.15) is 0 Å². The number of rotatable bonds is 5. The molecule has 102 valence electrons. The molecular formula is C17H19N3. The molecule has 1 heterocycles. The van der Waals surface area contributed by atoms with Crippen molar-refractivity contribution in [2.45, 2.75) is 13.0 Å². The van der Waals surface area contributed by atoms with Gasteiger partial charge in [0.2, 0.25) is 0 Å². The van der Waals surface area contributed by atoms with Crippen molar-refractivity contribution in [2.75, 3.05) is 13.6 Å². The van der Waals surface area contributed by atoms with Crippen LogP contribution in [0.2, 0.25) is 0 Å². The van der Waals surface area contributed by atoms with Crippen LogP contribution in [-0.2, 0) is 13.0 Å². The van der Waals surface area contributed by atoms with Gasteiger partial charge in [-0.25, -0.2) is 4.98 Å². The fourth-order valence-electron chi connectivity index (χ4n) is 2.51. The molecule has 0 amide bonds. The predicted molar refractivity (Wildman–Crippen MR) is 82.9 cm³/mol. The van der Waals surface area contributed by atoms with E-state index in [1.807, 2.05) is 19.2 Å². The zero-order chi connectivity index (χ0) is 13.8. The second-order valence-corrected chi connectivity index (χ2v) is 4.93. The average molecular weight is 265 g/mol. The summed E-state index contributed by atoms with van der Waals surface area (Å²) in [4.78, 5) is 4.80. The lowest BCUT2D eigenvalue weighted by Gasteiger charge is -2.09. The summed E-state index contributed by atoms with van der Waals surface area (Å²) in [6.07, 6.45) is 0.874. The summed E-state index contributed by atoms with van der Waals surface area (Å²) in [7, 11) is 1.98. The van der Waals surface area contributed by atoms with E-state index < -0.39 is 0 Å². The topological polar surface area (TPSA) is 29.9 Å². The van der Waals surface area contributed by atoms with Gasteiger partial charge in [-0.15, -0.1) is 0 Å². The lowest BCUT2D eigenvalue weighted by molar-refractivity contribution is 0.635. The Morgan fingerprint density at radius 1 is 1.00 bits per heavy atom. The van der Waals surface area contributed by atoms with E-state index in [-0.39, 0.29) is 0 Å². The summed E-state index contributed by atoms with van der Waals surface area (Å²) in [6, 6.07) is 18.9. The molecule has 0 unspecified atom stereocenters. The molecule has 3 rings (SSSR count). The summed E-state index contributed by atoms with van der Waals surface area (Å²) in [5.74, 6) is 1.13. The molecular weight excluding hydrogens is 246 g/mol. The minimum Gasteiger partial charge on any atom is -0.326 e. The van der Waals surface area contributed by atoms with Gasteiger partial charge in [0.25, 0.3) is 0 Å². The fraction of sp³-hybridized carbons (Fsp3) is 0.235. The first-order chi connectivity index (χ1) is 9.88. The third-order valence-electron chi connectivity index (χ3n) is 3.52. The molecule has 0 aliphatic heterocycles. The molecule has 1 aromatic heterocycles. The molecule has 3 aromatic rings. The SMILES string of the molecule is CNCCn1c(Cc2ccccc2)nc2ccccc21. The number of fused-ring (bicyclic) bond motifs is 1. The van der Waals surface area contributed by atoms with Gasteiger partial charge in [-0.1, -0.05) is 42.5 Å². The van der Waals surface area contributed by atoms with E-state index in [9.17, 15) is 0 Å². The first-order valence-corrected chi connectivity index (χ1v) is 7.01. The molecule has 3 nitrogen and oxygen atoms in total. The van der Waals surface area contributed by atoms with Crippen LogP contribution in [0.5, 0.6) is 0 Å². The third-order valence-corrected chi connectivity index (χ3v) is 3.52. The van der Waals surface area contributed by atoms with Crippen LogP contribution in [0.1, 0.15) is 11.4 Å². The third kappa shape index (κ3) is 2.58. The van der Waals surface area contributed by atoms with Crippen molar-refractivity contribution in [3.63, 3.8) is 0 Å². The first kappa shape index (κ1) is 12.9. The number of imidazole rings is 1. The van der Waals surface area contributed by atoms with E-state index in [2.05, 4.69) is 52.3 Å². The Balaban J connectivity index is 2.00. The highest BCUT2D eigenvalue weighted by molar-refractivity contribution is 5.76. The Morgan fingerprint density at radius 3 is 2.55 bits per heavy atom. The number of benzene rings is 2. The maximum atomic E-state index is 4.80. The Hall–Kier alpha value is -2.13. The van der Waals surface area contributed by atoms with Gasteiger partial charge in [0.1, 0.15) is 5.82 Å². The summed E-state index contributed by atoms with van der Waals surface area (Å²) in [6.45, 7) is 1.89. The summed E-state index contributed by atoms with van der Waals surface area (Å²) < 4.78 is 2.32. The van der Waals surface area contributed by atoms with E-state index in [0.29, 0.717) is 0 Å². The molecule has 0 bridgehead atoms. The normalized spacial score (nSPS) is 11.1. The minimum atomic E-state index is 0.874. The van der Waals surface area contributed by atoms with Crippen molar-refractivity contribution in [1.29, 1.82) is 0 Å². The van der Waals surface area contributed by atoms with Crippen molar-refractivity contribution < 1.29 is 0 Å².